The molecule has 0 unspecified atom stereocenters. The molecular formula is C14H17N3O. The van der Waals surface area contributed by atoms with Gasteiger partial charge in [-0.2, -0.15) is 0 Å². The van der Waals surface area contributed by atoms with Gasteiger partial charge in [0, 0.05) is 19.9 Å². The third-order valence-corrected chi connectivity index (χ3v) is 2.64. The molecule has 0 spiro atoms. The van der Waals surface area contributed by atoms with Crippen LogP contribution in [0.2, 0.25) is 0 Å². The third-order valence-electron chi connectivity index (χ3n) is 2.64. The van der Waals surface area contributed by atoms with Crippen molar-refractivity contribution in [1.82, 2.24) is 4.98 Å². The molecule has 3 N–H and O–H groups in total. The molecule has 2 rings (SSSR count). The van der Waals surface area contributed by atoms with E-state index in [9.17, 15) is 0 Å². The molecule has 0 aliphatic heterocycles. The summed E-state index contributed by atoms with van der Waals surface area (Å²) in [6.45, 7) is 1.36. The van der Waals surface area contributed by atoms with Crippen LogP contribution < -0.4 is 11.1 Å². The first-order chi connectivity index (χ1) is 8.79. The summed E-state index contributed by atoms with van der Waals surface area (Å²) in [6, 6.07) is 10.1. The average molecular weight is 243 g/mol. The van der Waals surface area contributed by atoms with Gasteiger partial charge in [0.1, 0.15) is 0 Å². The fraction of sp³-hybridized carbons (Fsp3) is 0.214. The summed E-state index contributed by atoms with van der Waals surface area (Å²) in [5, 5.41) is 3.29. The summed E-state index contributed by atoms with van der Waals surface area (Å²) in [4.78, 5) is 3.96. The topological polar surface area (TPSA) is 60.2 Å². The van der Waals surface area contributed by atoms with E-state index in [-0.39, 0.29) is 0 Å². The standard InChI is InChI=1S/C14H17N3O/c1-18-10-12-4-2-3-11(7-12)8-17-14-5-6-16-9-13(14)15/h2-7,9H,8,10,15H2,1H3,(H,16,17). The summed E-state index contributed by atoms with van der Waals surface area (Å²) in [5.74, 6) is 0. The minimum absolute atomic E-state index is 0.630. The van der Waals surface area contributed by atoms with Crippen LogP contribution in [0, 0.1) is 0 Å². The number of nitrogen functional groups attached to an aromatic ring is 1. The predicted octanol–water partition coefficient (Wildman–Crippen LogP) is 2.42. The van der Waals surface area contributed by atoms with Crippen LogP contribution in [0.25, 0.3) is 0 Å². The molecule has 0 saturated heterocycles. The minimum Gasteiger partial charge on any atom is -0.396 e. The molecule has 1 heterocycles. The molecule has 18 heavy (non-hydrogen) atoms. The van der Waals surface area contributed by atoms with Crippen molar-refractivity contribution >= 4 is 11.4 Å². The Kier molecular flexibility index (Phi) is 4.15. The number of nitrogens with zero attached hydrogens (tertiary/aromatic N) is 1. The molecule has 0 atom stereocenters. The second-order valence-corrected chi connectivity index (χ2v) is 4.07. The maximum atomic E-state index is 5.82. The Morgan fingerprint density at radius 1 is 1.28 bits per heavy atom. The van der Waals surface area contributed by atoms with E-state index >= 15 is 0 Å². The number of anilines is 2. The number of nitrogens with two attached hydrogens (primary N) is 1. The minimum atomic E-state index is 0.630. The Balaban J connectivity index is 2.02. The lowest BCUT2D eigenvalue weighted by molar-refractivity contribution is 0.185. The van der Waals surface area contributed by atoms with Gasteiger partial charge in [0.15, 0.2) is 0 Å². The zero-order chi connectivity index (χ0) is 12.8. The van der Waals surface area contributed by atoms with Crippen LogP contribution in [0.1, 0.15) is 11.1 Å². The van der Waals surface area contributed by atoms with Gasteiger partial charge in [0.2, 0.25) is 0 Å². The molecule has 1 aromatic heterocycles. The summed E-state index contributed by atoms with van der Waals surface area (Å²) >= 11 is 0. The Labute approximate surface area is 107 Å². The Bertz CT molecular complexity index is 514. The highest BCUT2D eigenvalue weighted by Gasteiger charge is 1.99. The van der Waals surface area contributed by atoms with Crippen molar-refractivity contribution in [3.8, 4) is 0 Å². The molecule has 4 nitrogen and oxygen atoms in total. The normalized spacial score (nSPS) is 10.3. The monoisotopic (exact) mass is 243 g/mol. The highest BCUT2D eigenvalue weighted by Crippen LogP contribution is 2.16. The largest absolute Gasteiger partial charge is 0.396 e. The molecule has 0 radical (unpaired) electrons. The number of nitrogens with one attached hydrogen (secondary N) is 1. The average Bonchev–Trinajstić information content (AvgIpc) is 2.39. The number of hydrogen-bond donors (Lipinski definition) is 2. The quantitative estimate of drug-likeness (QED) is 0.846. The summed E-state index contributed by atoms with van der Waals surface area (Å²) in [5.41, 5.74) is 9.74. The maximum Gasteiger partial charge on any atom is 0.0736 e. The molecule has 0 fully saturated rings. The molecule has 94 valence electrons. The van der Waals surface area contributed by atoms with Crippen LogP contribution in [-0.4, -0.2) is 12.1 Å². The Morgan fingerprint density at radius 2 is 2.11 bits per heavy atom. The van der Waals surface area contributed by atoms with E-state index < -0.39 is 0 Å². The molecule has 2 aromatic rings. The molecule has 0 aliphatic rings. The van der Waals surface area contributed by atoms with Gasteiger partial charge in [0.05, 0.1) is 24.2 Å². The first-order valence-corrected chi connectivity index (χ1v) is 5.79. The van der Waals surface area contributed by atoms with Crippen molar-refractivity contribution in [3.05, 3.63) is 53.9 Å². The lowest BCUT2D eigenvalue weighted by Crippen LogP contribution is -2.03. The van der Waals surface area contributed by atoms with E-state index in [2.05, 4.69) is 22.4 Å². The number of aromatic nitrogens is 1. The summed E-state index contributed by atoms with van der Waals surface area (Å²) in [7, 11) is 1.70. The van der Waals surface area contributed by atoms with Gasteiger partial charge in [-0.15, -0.1) is 0 Å². The molecule has 0 saturated carbocycles. The Morgan fingerprint density at radius 3 is 2.89 bits per heavy atom. The van der Waals surface area contributed by atoms with Gasteiger partial charge >= 0.3 is 0 Å². The molecule has 1 aromatic carbocycles. The molecular weight excluding hydrogens is 226 g/mol. The maximum absolute atomic E-state index is 5.82. The van der Waals surface area contributed by atoms with Crippen molar-refractivity contribution in [2.75, 3.05) is 18.2 Å². The van der Waals surface area contributed by atoms with Crippen LogP contribution in [0.4, 0.5) is 11.4 Å². The number of hydrogen-bond acceptors (Lipinski definition) is 4. The van der Waals surface area contributed by atoms with E-state index in [1.54, 1.807) is 19.5 Å². The number of rotatable bonds is 5. The van der Waals surface area contributed by atoms with Gasteiger partial charge in [0.25, 0.3) is 0 Å². The summed E-state index contributed by atoms with van der Waals surface area (Å²) < 4.78 is 5.12. The van der Waals surface area contributed by atoms with Crippen molar-refractivity contribution in [1.29, 1.82) is 0 Å². The van der Waals surface area contributed by atoms with E-state index in [0.717, 1.165) is 12.2 Å². The fourth-order valence-electron chi connectivity index (χ4n) is 1.76. The second kappa shape index (κ2) is 6.02. The van der Waals surface area contributed by atoms with Gasteiger partial charge in [-0.25, -0.2) is 0 Å². The Hall–Kier alpha value is -2.07. The highest BCUT2D eigenvalue weighted by atomic mass is 16.5. The molecule has 0 aliphatic carbocycles. The van der Waals surface area contributed by atoms with Crippen LogP contribution in [0.3, 0.4) is 0 Å². The van der Waals surface area contributed by atoms with Crippen molar-refractivity contribution in [3.63, 3.8) is 0 Å². The lowest BCUT2D eigenvalue weighted by atomic mass is 10.1. The second-order valence-electron chi connectivity index (χ2n) is 4.07. The zero-order valence-electron chi connectivity index (χ0n) is 10.4. The van der Waals surface area contributed by atoms with E-state index in [1.807, 2.05) is 18.2 Å². The smallest absolute Gasteiger partial charge is 0.0736 e. The van der Waals surface area contributed by atoms with E-state index in [1.165, 1.54) is 11.1 Å². The SMILES string of the molecule is COCc1cccc(CNc2ccncc2N)c1. The number of ether oxygens (including phenoxy) is 1. The lowest BCUT2D eigenvalue weighted by Gasteiger charge is -2.09. The zero-order valence-corrected chi connectivity index (χ0v) is 10.4. The van der Waals surface area contributed by atoms with E-state index in [0.29, 0.717) is 12.3 Å². The van der Waals surface area contributed by atoms with Gasteiger partial charge in [-0.05, 0) is 17.2 Å². The molecule has 4 heteroatoms. The molecule has 0 amide bonds. The number of benzene rings is 1. The van der Waals surface area contributed by atoms with Crippen LogP contribution in [0.15, 0.2) is 42.7 Å². The van der Waals surface area contributed by atoms with Crippen molar-refractivity contribution < 1.29 is 4.74 Å². The van der Waals surface area contributed by atoms with Crippen LogP contribution >= 0.6 is 0 Å². The first kappa shape index (κ1) is 12.4. The van der Waals surface area contributed by atoms with Gasteiger partial charge in [-0.3, -0.25) is 4.98 Å². The molecule has 0 bridgehead atoms. The van der Waals surface area contributed by atoms with Gasteiger partial charge in [-0.1, -0.05) is 24.3 Å². The summed E-state index contributed by atoms with van der Waals surface area (Å²) in [6.07, 6.45) is 3.36. The van der Waals surface area contributed by atoms with E-state index in [4.69, 9.17) is 10.5 Å². The predicted molar refractivity (Wildman–Crippen MR) is 73.1 cm³/mol. The third kappa shape index (κ3) is 3.21. The number of methoxy groups -OCH3 is 1. The number of pyridine rings is 1. The van der Waals surface area contributed by atoms with Crippen LogP contribution in [-0.2, 0) is 17.9 Å². The van der Waals surface area contributed by atoms with Crippen LogP contribution in [0.5, 0.6) is 0 Å². The fourth-order valence-corrected chi connectivity index (χ4v) is 1.76. The van der Waals surface area contributed by atoms with Crippen molar-refractivity contribution in [2.24, 2.45) is 0 Å². The van der Waals surface area contributed by atoms with Gasteiger partial charge < -0.3 is 15.8 Å². The first-order valence-electron chi connectivity index (χ1n) is 5.79. The highest BCUT2D eigenvalue weighted by molar-refractivity contribution is 5.64. The van der Waals surface area contributed by atoms with Crippen molar-refractivity contribution in [2.45, 2.75) is 13.2 Å².